The molecule has 192 valence electrons. The summed E-state index contributed by atoms with van der Waals surface area (Å²) in [7, 11) is 3.52. The monoisotopic (exact) mass is 528 g/mol. The van der Waals surface area contributed by atoms with Crippen molar-refractivity contribution in [1.29, 1.82) is 0 Å². The second-order valence-electron chi connectivity index (χ2n) is 9.85. The maximum atomic E-state index is 13.9. The van der Waals surface area contributed by atoms with E-state index in [1.54, 1.807) is 31.1 Å². The van der Waals surface area contributed by atoms with E-state index in [0.717, 1.165) is 16.7 Å². The van der Waals surface area contributed by atoms with Gasteiger partial charge in [0, 0.05) is 38.4 Å². The molecule has 1 heterocycles. The van der Waals surface area contributed by atoms with Gasteiger partial charge in [-0.3, -0.25) is 4.79 Å². The number of nitrogens with zero attached hydrogens (tertiary/aromatic N) is 2. The van der Waals surface area contributed by atoms with Gasteiger partial charge in [0.05, 0.1) is 19.6 Å². The summed E-state index contributed by atoms with van der Waals surface area (Å²) in [4.78, 5) is 15.4. The van der Waals surface area contributed by atoms with Crippen LogP contribution in [0.25, 0.3) is 0 Å². The Balaban J connectivity index is 0.00000361. The molecule has 1 saturated heterocycles. The summed E-state index contributed by atoms with van der Waals surface area (Å²) in [5.41, 5.74) is 0.550. The summed E-state index contributed by atoms with van der Waals surface area (Å²) in [6.07, 6.45) is 1.10. The molecule has 0 aromatic heterocycles. The van der Waals surface area contributed by atoms with Gasteiger partial charge in [-0.1, -0.05) is 84.4 Å². The van der Waals surface area contributed by atoms with E-state index >= 15 is 0 Å². The number of halogens is 2. The molecule has 0 unspecified atom stereocenters. The molecule has 36 heavy (non-hydrogen) atoms. The number of hydrogen-bond donors (Lipinski definition) is 1. The van der Waals surface area contributed by atoms with Crippen LogP contribution in [0.2, 0.25) is 5.02 Å². The maximum absolute atomic E-state index is 13.9. The SMILES string of the molecule is CN(C)C(=O)C(CC[N+]1([O-])CCC(O)(c2ccc(Cl)cc2)CC1)(c1ccccc1)c1ccccc1.Cl. The fourth-order valence-corrected chi connectivity index (χ4v) is 5.42. The molecule has 0 bridgehead atoms. The summed E-state index contributed by atoms with van der Waals surface area (Å²) in [6.45, 7) is 0.851. The first-order valence-electron chi connectivity index (χ1n) is 12.1. The lowest BCUT2D eigenvalue weighted by Crippen LogP contribution is -2.55. The van der Waals surface area contributed by atoms with Crippen LogP contribution in [0.4, 0.5) is 0 Å². The normalized spacial score (nSPS) is 21.9. The Hall–Kier alpha value is -2.41. The highest BCUT2D eigenvalue weighted by atomic mass is 35.5. The summed E-state index contributed by atoms with van der Waals surface area (Å²) in [5.74, 6) is -0.0452. The van der Waals surface area contributed by atoms with Crippen LogP contribution in [0, 0.1) is 5.21 Å². The molecule has 0 saturated carbocycles. The molecule has 0 aliphatic carbocycles. The Morgan fingerprint density at radius 1 is 0.944 bits per heavy atom. The molecule has 1 aliphatic heterocycles. The Labute approximate surface area is 224 Å². The lowest BCUT2D eigenvalue weighted by molar-refractivity contribution is -0.889. The zero-order chi connectivity index (χ0) is 25.1. The molecule has 1 aliphatic rings. The molecule has 3 aromatic carbocycles. The first-order chi connectivity index (χ1) is 16.7. The van der Waals surface area contributed by atoms with Crippen molar-refractivity contribution in [3.63, 3.8) is 0 Å². The highest BCUT2D eigenvalue weighted by Crippen LogP contribution is 2.41. The van der Waals surface area contributed by atoms with Crippen LogP contribution in [0.1, 0.15) is 36.0 Å². The third kappa shape index (κ3) is 5.61. The van der Waals surface area contributed by atoms with Gasteiger partial charge in [0.15, 0.2) is 0 Å². The summed E-state index contributed by atoms with van der Waals surface area (Å²) in [5, 5.41) is 25.8. The molecule has 3 aromatic rings. The Morgan fingerprint density at radius 2 is 1.42 bits per heavy atom. The molecule has 1 N–H and O–H groups in total. The number of benzene rings is 3. The number of likely N-dealkylation sites (tertiary alicyclic amines) is 1. The molecule has 7 heteroatoms. The van der Waals surface area contributed by atoms with Gasteiger partial charge < -0.3 is 19.9 Å². The number of rotatable bonds is 7. The van der Waals surface area contributed by atoms with Crippen molar-refractivity contribution in [2.75, 3.05) is 33.7 Å². The largest absolute Gasteiger partial charge is 0.633 e. The highest BCUT2D eigenvalue weighted by Gasteiger charge is 2.46. The molecule has 1 fully saturated rings. The Morgan fingerprint density at radius 3 is 1.86 bits per heavy atom. The Kier molecular flexibility index (Phi) is 8.86. The lowest BCUT2D eigenvalue weighted by Gasteiger charge is -2.51. The molecule has 4 rings (SSSR count). The topological polar surface area (TPSA) is 63.6 Å². The van der Waals surface area contributed by atoms with Gasteiger partial charge in [-0.2, -0.15) is 0 Å². The minimum atomic E-state index is -1.04. The molecule has 0 radical (unpaired) electrons. The third-order valence-electron chi connectivity index (χ3n) is 7.45. The number of carbonyl (C=O) groups excluding carboxylic acids is 1. The van der Waals surface area contributed by atoms with Crippen LogP contribution in [0.3, 0.4) is 0 Å². The van der Waals surface area contributed by atoms with Crippen LogP contribution in [0.5, 0.6) is 0 Å². The maximum Gasteiger partial charge on any atom is 0.237 e. The van der Waals surface area contributed by atoms with Crippen LogP contribution in [-0.4, -0.2) is 54.3 Å². The van der Waals surface area contributed by atoms with Crippen LogP contribution in [-0.2, 0) is 15.8 Å². The molecular formula is C29H34Cl2N2O3. The molecule has 0 spiro atoms. The van der Waals surface area contributed by atoms with Crippen LogP contribution < -0.4 is 0 Å². The van der Waals surface area contributed by atoms with Gasteiger partial charge in [-0.25, -0.2) is 0 Å². The van der Waals surface area contributed by atoms with Crippen molar-refractivity contribution in [2.24, 2.45) is 0 Å². The standard InChI is InChI=1S/C29H33ClN2O3.ClH/c1-31(2)27(33)29(24-9-5-3-6-10-24,25-11-7-4-8-12-25)19-22-32(35)20-17-28(34,18-21-32)23-13-15-26(30)16-14-23;/h3-16,34H,17-22H2,1-2H3;1H. The zero-order valence-electron chi connectivity index (χ0n) is 20.8. The fraction of sp³-hybridized carbons (Fsp3) is 0.345. The van der Waals surface area contributed by atoms with Gasteiger partial charge in [0.2, 0.25) is 5.91 Å². The number of piperidine rings is 1. The minimum absolute atomic E-state index is 0. The van der Waals surface area contributed by atoms with Crippen molar-refractivity contribution in [3.8, 4) is 0 Å². The summed E-state index contributed by atoms with van der Waals surface area (Å²) < 4.78 is -0.433. The van der Waals surface area contributed by atoms with Crippen molar-refractivity contribution < 1.29 is 14.5 Å². The zero-order valence-corrected chi connectivity index (χ0v) is 22.3. The van der Waals surface area contributed by atoms with E-state index in [9.17, 15) is 15.1 Å². The molecule has 0 atom stereocenters. The minimum Gasteiger partial charge on any atom is -0.633 e. The average Bonchev–Trinajstić information content (AvgIpc) is 2.88. The number of quaternary nitrogens is 1. The van der Waals surface area contributed by atoms with E-state index in [2.05, 4.69) is 0 Å². The van der Waals surface area contributed by atoms with Crippen molar-refractivity contribution in [3.05, 3.63) is 112 Å². The van der Waals surface area contributed by atoms with E-state index in [4.69, 9.17) is 11.6 Å². The first-order valence-corrected chi connectivity index (χ1v) is 12.4. The first kappa shape index (κ1) is 28.2. The van der Waals surface area contributed by atoms with Gasteiger partial charge in [-0.05, 0) is 28.8 Å². The predicted molar refractivity (Wildman–Crippen MR) is 147 cm³/mol. The Bertz CT molecular complexity index is 1090. The molecule has 1 amide bonds. The van der Waals surface area contributed by atoms with E-state index < -0.39 is 15.7 Å². The van der Waals surface area contributed by atoms with E-state index in [1.165, 1.54) is 0 Å². The summed E-state index contributed by atoms with van der Waals surface area (Å²) in [6, 6.07) is 26.7. The van der Waals surface area contributed by atoms with Gasteiger partial charge in [-0.15, -0.1) is 12.4 Å². The third-order valence-corrected chi connectivity index (χ3v) is 7.70. The van der Waals surface area contributed by atoms with Crippen LogP contribution >= 0.6 is 24.0 Å². The fourth-order valence-electron chi connectivity index (χ4n) is 5.29. The highest BCUT2D eigenvalue weighted by molar-refractivity contribution is 6.30. The van der Waals surface area contributed by atoms with Crippen molar-refractivity contribution in [2.45, 2.75) is 30.3 Å². The van der Waals surface area contributed by atoms with Crippen molar-refractivity contribution >= 4 is 29.9 Å². The van der Waals surface area contributed by atoms with Gasteiger partial charge in [0.25, 0.3) is 0 Å². The number of amides is 1. The average molecular weight is 530 g/mol. The second-order valence-corrected chi connectivity index (χ2v) is 10.3. The number of likely N-dealkylation sites (N-methyl/N-ethyl adjacent to an activating group) is 1. The predicted octanol–water partition coefficient (Wildman–Crippen LogP) is 5.52. The van der Waals surface area contributed by atoms with Gasteiger partial charge in [0.1, 0.15) is 11.0 Å². The molecular weight excluding hydrogens is 495 g/mol. The smallest absolute Gasteiger partial charge is 0.237 e. The number of hydroxylamine groups is 3. The number of carbonyl (C=O) groups is 1. The van der Waals surface area contributed by atoms with Crippen LogP contribution in [0.15, 0.2) is 84.9 Å². The van der Waals surface area contributed by atoms with E-state index in [-0.39, 0.29) is 37.9 Å². The number of aliphatic hydroxyl groups is 1. The summed E-state index contributed by atoms with van der Waals surface area (Å²) >= 11 is 6.01. The lowest BCUT2D eigenvalue weighted by atomic mass is 9.70. The van der Waals surface area contributed by atoms with E-state index in [0.29, 0.717) is 24.3 Å². The second kappa shape index (κ2) is 11.3. The van der Waals surface area contributed by atoms with E-state index in [1.807, 2.05) is 72.8 Å². The molecule has 5 nitrogen and oxygen atoms in total. The number of hydrogen-bond acceptors (Lipinski definition) is 3. The van der Waals surface area contributed by atoms with Crippen molar-refractivity contribution in [1.82, 2.24) is 4.90 Å². The van der Waals surface area contributed by atoms with Gasteiger partial charge >= 0.3 is 0 Å². The quantitative estimate of drug-likeness (QED) is 0.324.